The lowest BCUT2D eigenvalue weighted by Crippen LogP contribution is -2.30. The van der Waals surface area contributed by atoms with Crippen molar-refractivity contribution in [2.24, 2.45) is 12.9 Å². The van der Waals surface area contributed by atoms with Crippen LogP contribution >= 0.6 is 23.2 Å². The fourth-order valence-electron chi connectivity index (χ4n) is 1.93. The molecule has 1 heterocycles. The highest BCUT2D eigenvalue weighted by molar-refractivity contribution is 6.33. The summed E-state index contributed by atoms with van der Waals surface area (Å²) in [7, 11) is 1.90. The predicted octanol–water partition coefficient (Wildman–Crippen LogP) is 2.78. The molecule has 0 bridgehead atoms. The Morgan fingerprint density at radius 1 is 1.37 bits per heavy atom. The van der Waals surface area contributed by atoms with Gasteiger partial charge in [0.05, 0.1) is 11.7 Å². The molecule has 0 aliphatic rings. The molecule has 4 nitrogen and oxygen atoms in total. The van der Waals surface area contributed by atoms with Gasteiger partial charge in [0.1, 0.15) is 0 Å². The first-order chi connectivity index (χ1) is 9.01. The molecule has 0 saturated heterocycles. The number of benzene rings is 1. The van der Waals surface area contributed by atoms with Gasteiger partial charge in [0.2, 0.25) is 0 Å². The minimum atomic E-state index is -0.101. The first-order valence-corrected chi connectivity index (χ1v) is 6.67. The van der Waals surface area contributed by atoms with Crippen molar-refractivity contribution in [1.82, 2.24) is 15.2 Å². The zero-order valence-electron chi connectivity index (χ0n) is 10.8. The van der Waals surface area contributed by atoms with Crippen molar-refractivity contribution in [3.05, 3.63) is 51.3 Å². The van der Waals surface area contributed by atoms with Crippen LogP contribution < -0.4 is 11.3 Å². The fraction of sp³-hybridized carbons (Fsp3) is 0.308. The van der Waals surface area contributed by atoms with Crippen LogP contribution in [0.4, 0.5) is 0 Å². The molecule has 1 aromatic carbocycles. The second-order valence-corrected chi connectivity index (χ2v) is 5.34. The lowest BCUT2D eigenvalue weighted by atomic mass is 10.0. The molecule has 102 valence electrons. The van der Waals surface area contributed by atoms with Gasteiger partial charge in [-0.3, -0.25) is 16.0 Å². The van der Waals surface area contributed by atoms with Crippen molar-refractivity contribution in [3.8, 4) is 0 Å². The summed E-state index contributed by atoms with van der Waals surface area (Å²) in [5, 5.41) is 5.77. The Labute approximate surface area is 122 Å². The summed E-state index contributed by atoms with van der Waals surface area (Å²) in [4.78, 5) is 0. The topological polar surface area (TPSA) is 55.9 Å². The van der Waals surface area contributed by atoms with Crippen molar-refractivity contribution in [2.45, 2.75) is 19.4 Å². The summed E-state index contributed by atoms with van der Waals surface area (Å²) < 4.78 is 1.82. The summed E-state index contributed by atoms with van der Waals surface area (Å²) in [6.07, 6.45) is 0.631. The maximum Gasteiger partial charge on any atom is 0.0813 e. The van der Waals surface area contributed by atoms with E-state index in [9.17, 15) is 0 Å². The number of hydrazine groups is 1. The molecule has 2 aromatic rings. The lowest BCUT2D eigenvalue weighted by molar-refractivity contribution is 0.529. The van der Waals surface area contributed by atoms with Crippen molar-refractivity contribution in [3.63, 3.8) is 0 Å². The van der Waals surface area contributed by atoms with E-state index in [-0.39, 0.29) is 6.04 Å². The third-order valence-corrected chi connectivity index (χ3v) is 3.73. The average Bonchev–Trinajstić information content (AvgIpc) is 2.70. The van der Waals surface area contributed by atoms with Crippen LogP contribution in [-0.2, 0) is 13.5 Å². The number of nitrogens with one attached hydrogen (secondary N) is 1. The molecule has 0 radical (unpaired) electrons. The Bertz CT molecular complexity index is 561. The van der Waals surface area contributed by atoms with Crippen LogP contribution in [0.2, 0.25) is 10.0 Å². The number of halogens is 2. The second-order valence-electron chi connectivity index (χ2n) is 4.49. The molecule has 3 N–H and O–H groups in total. The maximum atomic E-state index is 6.17. The summed E-state index contributed by atoms with van der Waals surface area (Å²) in [6.45, 7) is 2.00. The summed E-state index contributed by atoms with van der Waals surface area (Å²) in [5.41, 5.74) is 5.69. The largest absolute Gasteiger partial charge is 0.273 e. The number of nitrogens with two attached hydrogens (primary N) is 1. The zero-order valence-corrected chi connectivity index (χ0v) is 12.3. The molecular weight excluding hydrogens is 283 g/mol. The minimum Gasteiger partial charge on any atom is -0.273 e. The second kappa shape index (κ2) is 5.92. The number of hydrogen-bond donors (Lipinski definition) is 2. The van der Waals surface area contributed by atoms with Crippen LogP contribution in [0.15, 0.2) is 24.3 Å². The molecule has 2 rings (SSSR count). The molecule has 0 aliphatic heterocycles. The van der Waals surface area contributed by atoms with E-state index in [0.717, 1.165) is 17.0 Å². The molecule has 19 heavy (non-hydrogen) atoms. The van der Waals surface area contributed by atoms with Gasteiger partial charge in [-0.15, -0.1) is 0 Å². The SMILES string of the molecule is Cc1cc(C(Cc2cc(Cl)ccc2Cl)NN)nn1C. The summed E-state index contributed by atoms with van der Waals surface area (Å²) in [6, 6.07) is 7.31. The first kappa shape index (κ1) is 14.3. The normalized spacial score (nSPS) is 12.7. The van der Waals surface area contributed by atoms with Crippen LogP contribution in [0.3, 0.4) is 0 Å². The van der Waals surface area contributed by atoms with Gasteiger partial charge in [0.15, 0.2) is 0 Å². The minimum absolute atomic E-state index is 0.101. The van der Waals surface area contributed by atoms with Gasteiger partial charge >= 0.3 is 0 Å². The molecule has 0 amide bonds. The van der Waals surface area contributed by atoms with Gasteiger partial charge < -0.3 is 0 Å². The number of rotatable bonds is 4. The number of aromatic nitrogens is 2. The van der Waals surface area contributed by atoms with Crippen molar-refractivity contribution in [1.29, 1.82) is 0 Å². The molecule has 6 heteroatoms. The molecule has 0 aliphatic carbocycles. The first-order valence-electron chi connectivity index (χ1n) is 5.92. The summed E-state index contributed by atoms with van der Waals surface area (Å²) >= 11 is 12.2. The van der Waals surface area contributed by atoms with Gasteiger partial charge in [0.25, 0.3) is 0 Å². The Kier molecular flexibility index (Phi) is 4.47. The highest BCUT2D eigenvalue weighted by Crippen LogP contribution is 2.25. The van der Waals surface area contributed by atoms with Crippen LogP contribution in [0.5, 0.6) is 0 Å². The summed E-state index contributed by atoms with van der Waals surface area (Å²) in [5.74, 6) is 5.62. The third-order valence-electron chi connectivity index (χ3n) is 3.12. The highest BCUT2D eigenvalue weighted by Gasteiger charge is 2.16. The van der Waals surface area contributed by atoms with E-state index in [1.807, 2.05) is 30.8 Å². The Morgan fingerprint density at radius 3 is 2.68 bits per heavy atom. The van der Waals surface area contributed by atoms with Crippen molar-refractivity contribution < 1.29 is 0 Å². The molecule has 1 atom stereocenters. The Hall–Kier alpha value is -1.07. The molecule has 0 saturated carbocycles. The van der Waals surface area contributed by atoms with E-state index in [1.165, 1.54) is 0 Å². The number of aryl methyl sites for hydroxylation is 2. The van der Waals surface area contributed by atoms with E-state index >= 15 is 0 Å². The zero-order chi connectivity index (χ0) is 14.0. The van der Waals surface area contributed by atoms with Gasteiger partial charge in [-0.1, -0.05) is 23.2 Å². The van der Waals surface area contributed by atoms with Crippen LogP contribution in [0.25, 0.3) is 0 Å². The van der Waals surface area contributed by atoms with Crippen molar-refractivity contribution >= 4 is 23.2 Å². The number of nitrogens with zero attached hydrogens (tertiary/aromatic N) is 2. The van der Waals surface area contributed by atoms with Gasteiger partial charge in [-0.25, -0.2) is 0 Å². The van der Waals surface area contributed by atoms with Gasteiger partial charge in [-0.2, -0.15) is 5.10 Å². The Balaban J connectivity index is 2.26. The van der Waals surface area contributed by atoms with E-state index in [4.69, 9.17) is 29.0 Å². The maximum absolute atomic E-state index is 6.17. The van der Waals surface area contributed by atoms with Crippen LogP contribution in [0, 0.1) is 6.92 Å². The van der Waals surface area contributed by atoms with E-state index in [2.05, 4.69) is 10.5 Å². The monoisotopic (exact) mass is 298 g/mol. The molecule has 0 fully saturated rings. The van der Waals surface area contributed by atoms with Gasteiger partial charge in [0, 0.05) is 22.8 Å². The van der Waals surface area contributed by atoms with Crippen LogP contribution in [-0.4, -0.2) is 9.78 Å². The molecule has 1 aromatic heterocycles. The van der Waals surface area contributed by atoms with E-state index in [0.29, 0.717) is 16.5 Å². The third kappa shape index (κ3) is 3.28. The predicted molar refractivity (Wildman–Crippen MR) is 78.2 cm³/mol. The Morgan fingerprint density at radius 2 is 2.11 bits per heavy atom. The smallest absolute Gasteiger partial charge is 0.0813 e. The van der Waals surface area contributed by atoms with E-state index < -0.39 is 0 Å². The van der Waals surface area contributed by atoms with Crippen LogP contribution in [0.1, 0.15) is 23.0 Å². The molecule has 1 unspecified atom stereocenters. The molecular formula is C13H16Cl2N4. The quantitative estimate of drug-likeness (QED) is 0.674. The average molecular weight is 299 g/mol. The fourth-order valence-corrected chi connectivity index (χ4v) is 2.32. The van der Waals surface area contributed by atoms with Gasteiger partial charge in [-0.05, 0) is 43.2 Å². The standard InChI is InChI=1S/C13H16Cl2N4/c1-8-5-13(18-19(8)2)12(17-16)7-9-6-10(14)3-4-11(9)15/h3-6,12,17H,7,16H2,1-2H3. The number of hydrogen-bond acceptors (Lipinski definition) is 3. The lowest BCUT2D eigenvalue weighted by Gasteiger charge is -2.14. The van der Waals surface area contributed by atoms with Crippen molar-refractivity contribution in [2.75, 3.05) is 0 Å². The van der Waals surface area contributed by atoms with E-state index in [1.54, 1.807) is 12.1 Å². The highest BCUT2D eigenvalue weighted by atomic mass is 35.5. The molecule has 0 spiro atoms.